The number of ether oxygens (including phenoxy) is 3. The molecule has 0 aliphatic rings. The Morgan fingerprint density at radius 1 is 1.00 bits per heavy atom. The second kappa shape index (κ2) is 11.7. The summed E-state index contributed by atoms with van der Waals surface area (Å²) in [4.78, 5) is 16.2. The van der Waals surface area contributed by atoms with Gasteiger partial charge in [-0.25, -0.2) is 4.79 Å². The van der Waals surface area contributed by atoms with Gasteiger partial charge in [0.1, 0.15) is 22.9 Å². The van der Waals surface area contributed by atoms with Crippen LogP contribution in [0.2, 0.25) is 0 Å². The Hall–Kier alpha value is -4.25. The van der Waals surface area contributed by atoms with Crippen molar-refractivity contribution >= 4 is 11.9 Å². The van der Waals surface area contributed by atoms with Gasteiger partial charge in [0, 0.05) is 19.2 Å². The number of nitrogens with one attached hydrogen (secondary N) is 2. The quantitative estimate of drug-likeness (QED) is 0.426. The van der Waals surface area contributed by atoms with Crippen LogP contribution in [0.15, 0.2) is 60.7 Å². The minimum atomic E-state index is -0.523. The average Bonchev–Trinajstić information content (AvgIpc) is 2.83. The first-order valence-corrected chi connectivity index (χ1v) is 11.3. The number of amides is 1. The van der Waals surface area contributed by atoms with Gasteiger partial charge in [0.15, 0.2) is 0 Å². The summed E-state index contributed by atoms with van der Waals surface area (Å²) in [5, 5.41) is 15.4. The van der Waals surface area contributed by atoms with Crippen LogP contribution in [0.25, 0.3) is 0 Å². The van der Waals surface area contributed by atoms with Crippen molar-refractivity contribution in [2.24, 2.45) is 0 Å². The Morgan fingerprint density at radius 3 is 2.29 bits per heavy atom. The van der Waals surface area contributed by atoms with Crippen molar-refractivity contribution in [2.45, 2.75) is 39.3 Å². The maximum absolute atomic E-state index is 11.7. The molecule has 1 amide bonds. The number of hydrogen-bond acceptors (Lipinski definition) is 7. The summed E-state index contributed by atoms with van der Waals surface area (Å²) >= 11 is 0. The van der Waals surface area contributed by atoms with Gasteiger partial charge in [-0.05, 0) is 68.7 Å². The number of methoxy groups -OCH3 is 1. The Bertz CT molecular complexity index is 1160. The van der Waals surface area contributed by atoms with Crippen molar-refractivity contribution in [1.82, 2.24) is 10.3 Å². The highest BCUT2D eigenvalue weighted by Gasteiger charge is 2.15. The molecule has 8 nitrogen and oxygen atoms in total. The lowest BCUT2D eigenvalue weighted by Gasteiger charge is -2.19. The number of carbonyl (C=O) groups is 1. The van der Waals surface area contributed by atoms with Crippen molar-refractivity contribution in [3.8, 4) is 23.4 Å². The van der Waals surface area contributed by atoms with E-state index in [0.717, 1.165) is 16.9 Å². The first-order chi connectivity index (χ1) is 16.7. The van der Waals surface area contributed by atoms with Crippen molar-refractivity contribution in [3.63, 3.8) is 0 Å². The number of benzene rings is 2. The number of aromatic nitrogens is 1. The zero-order valence-electron chi connectivity index (χ0n) is 20.4. The Balaban J connectivity index is 1.56. The molecule has 0 saturated carbocycles. The molecule has 35 heavy (non-hydrogen) atoms. The molecular formula is C27H30N4O4. The van der Waals surface area contributed by atoms with E-state index in [2.05, 4.69) is 21.7 Å². The smallest absolute Gasteiger partial charge is 0.407 e. The van der Waals surface area contributed by atoms with Gasteiger partial charge in [-0.1, -0.05) is 24.3 Å². The summed E-state index contributed by atoms with van der Waals surface area (Å²) in [6.45, 7) is 6.48. The lowest BCUT2D eigenvalue weighted by Crippen LogP contribution is -2.33. The maximum atomic E-state index is 11.7. The van der Waals surface area contributed by atoms with Crippen molar-refractivity contribution in [3.05, 3.63) is 77.4 Å². The van der Waals surface area contributed by atoms with Crippen LogP contribution < -0.4 is 20.1 Å². The number of anilines is 1. The molecule has 0 saturated heterocycles. The predicted octanol–water partition coefficient (Wildman–Crippen LogP) is 5.43. The fourth-order valence-electron chi connectivity index (χ4n) is 3.12. The molecule has 0 radical (unpaired) electrons. The van der Waals surface area contributed by atoms with Gasteiger partial charge in [0.25, 0.3) is 0 Å². The fourth-order valence-corrected chi connectivity index (χ4v) is 3.12. The Morgan fingerprint density at radius 2 is 1.66 bits per heavy atom. The fraction of sp³-hybridized carbons (Fsp3) is 0.296. The Kier molecular flexibility index (Phi) is 8.52. The number of carbonyl (C=O) groups excluding carboxylic acids is 1. The SMILES string of the molecule is COc1ccc(CNc2cc(C#N)cc(Oc3ccc(CCNC(=O)OC(C)(C)C)cc3)n2)cc1. The minimum absolute atomic E-state index is 0.320. The molecule has 0 aliphatic carbocycles. The van der Waals surface area contributed by atoms with Crippen molar-refractivity contribution in [1.29, 1.82) is 5.26 Å². The number of nitrogens with zero attached hydrogens (tertiary/aromatic N) is 2. The Labute approximate surface area is 205 Å². The monoisotopic (exact) mass is 474 g/mol. The van der Waals surface area contributed by atoms with E-state index < -0.39 is 11.7 Å². The highest BCUT2D eigenvalue weighted by molar-refractivity contribution is 5.67. The van der Waals surface area contributed by atoms with Gasteiger partial charge in [-0.15, -0.1) is 0 Å². The number of hydrogen-bond donors (Lipinski definition) is 2. The zero-order chi connectivity index (χ0) is 25.3. The van der Waals surface area contributed by atoms with Crippen LogP contribution in [0.1, 0.15) is 37.5 Å². The van der Waals surface area contributed by atoms with Gasteiger partial charge in [0.2, 0.25) is 5.88 Å². The van der Waals surface area contributed by atoms with Crippen LogP contribution in [0.3, 0.4) is 0 Å². The second-order valence-electron chi connectivity index (χ2n) is 8.82. The number of pyridine rings is 1. The first kappa shape index (κ1) is 25.4. The third-order valence-corrected chi connectivity index (χ3v) is 4.79. The molecule has 182 valence electrons. The van der Waals surface area contributed by atoms with E-state index in [9.17, 15) is 10.1 Å². The van der Waals surface area contributed by atoms with E-state index in [0.29, 0.717) is 42.5 Å². The molecule has 0 bridgehead atoms. The van der Waals surface area contributed by atoms with Crippen LogP contribution >= 0.6 is 0 Å². The van der Waals surface area contributed by atoms with Gasteiger partial charge in [-0.3, -0.25) is 0 Å². The number of nitriles is 1. The van der Waals surface area contributed by atoms with Gasteiger partial charge in [0.05, 0.1) is 18.7 Å². The molecule has 3 aromatic rings. The van der Waals surface area contributed by atoms with Crippen LogP contribution in [0, 0.1) is 11.3 Å². The summed E-state index contributed by atoms with van der Waals surface area (Å²) in [6.07, 6.45) is 0.221. The molecule has 2 aromatic carbocycles. The predicted molar refractivity (Wildman–Crippen MR) is 134 cm³/mol. The van der Waals surface area contributed by atoms with E-state index in [1.165, 1.54) is 0 Å². The highest BCUT2D eigenvalue weighted by atomic mass is 16.6. The number of rotatable bonds is 9. The van der Waals surface area contributed by atoms with E-state index >= 15 is 0 Å². The molecule has 0 unspecified atom stereocenters. The molecule has 3 rings (SSSR count). The second-order valence-corrected chi connectivity index (χ2v) is 8.82. The van der Waals surface area contributed by atoms with Gasteiger partial charge < -0.3 is 24.8 Å². The van der Waals surface area contributed by atoms with Crippen LogP contribution in [-0.4, -0.2) is 30.3 Å². The van der Waals surface area contributed by atoms with Gasteiger partial charge >= 0.3 is 6.09 Å². The maximum Gasteiger partial charge on any atom is 0.407 e. The molecule has 0 spiro atoms. The topological polar surface area (TPSA) is 106 Å². The number of alkyl carbamates (subject to hydrolysis) is 1. The first-order valence-electron chi connectivity index (χ1n) is 11.3. The summed E-state index contributed by atoms with van der Waals surface area (Å²) in [5.41, 5.74) is 2.01. The van der Waals surface area contributed by atoms with E-state index in [1.807, 2.05) is 69.3 Å². The molecule has 2 N–H and O–H groups in total. The molecule has 0 atom stereocenters. The third kappa shape index (κ3) is 8.55. The summed E-state index contributed by atoms with van der Waals surface area (Å²) in [7, 11) is 1.63. The molecule has 1 aromatic heterocycles. The zero-order valence-corrected chi connectivity index (χ0v) is 20.4. The van der Waals surface area contributed by atoms with Crippen molar-refractivity contribution in [2.75, 3.05) is 19.0 Å². The van der Waals surface area contributed by atoms with Crippen LogP contribution in [-0.2, 0) is 17.7 Å². The summed E-state index contributed by atoms with van der Waals surface area (Å²) in [6, 6.07) is 20.6. The third-order valence-electron chi connectivity index (χ3n) is 4.79. The van der Waals surface area contributed by atoms with E-state index in [-0.39, 0.29) is 0 Å². The largest absolute Gasteiger partial charge is 0.497 e. The molecule has 8 heteroatoms. The highest BCUT2D eigenvalue weighted by Crippen LogP contribution is 2.24. The summed E-state index contributed by atoms with van der Waals surface area (Å²) in [5.74, 6) is 2.25. The van der Waals surface area contributed by atoms with Gasteiger partial charge in [-0.2, -0.15) is 10.2 Å². The van der Waals surface area contributed by atoms with E-state index in [1.54, 1.807) is 19.2 Å². The lowest BCUT2D eigenvalue weighted by molar-refractivity contribution is 0.0528. The van der Waals surface area contributed by atoms with Crippen LogP contribution in [0.5, 0.6) is 17.4 Å². The molecular weight excluding hydrogens is 444 g/mol. The minimum Gasteiger partial charge on any atom is -0.497 e. The molecule has 0 aliphatic heterocycles. The standard InChI is InChI=1S/C27H30N4O4/c1-27(2,3)35-26(32)29-14-13-19-5-11-23(12-6-19)34-25-16-21(17-28)15-24(31-25)30-18-20-7-9-22(33-4)10-8-20/h5-12,15-16H,13-14,18H2,1-4H3,(H,29,32)(H,30,31). The summed E-state index contributed by atoms with van der Waals surface area (Å²) < 4.78 is 16.3. The van der Waals surface area contributed by atoms with E-state index in [4.69, 9.17) is 14.2 Å². The molecule has 1 heterocycles. The van der Waals surface area contributed by atoms with Crippen LogP contribution in [0.4, 0.5) is 10.6 Å². The normalized spacial score (nSPS) is 10.7. The molecule has 0 fully saturated rings. The average molecular weight is 475 g/mol. The lowest BCUT2D eigenvalue weighted by atomic mass is 10.1. The van der Waals surface area contributed by atoms with Crippen molar-refractivity contribution < 1.29 is 19.0 Å².